The minimum atomic E-state index is 0.0903. The molecular formula is C18H26N6O. The fraction of sp³-hybridized carbons (Fsp3) is 0.389. The Morgan fingerprint density at radius 2 is 1.96 bits per heavy atom. The minimum Gasteiger partial charge on any atom is -0.356 e. The first-order valence-corrected chi connectivity index (χ1v) is 8.29. The Hall–Kier alpha value is -2.83. The van der Waals surface area contributed by atoms with Crippen LogP contribution in [0.25, 0.3) is 0 Å². The van der Waals surface area contributed by atoms with Crippen molar-refractivity contribution in [3.05, 3.63) is 53.9 Å². The first-order chi connectivity index (χ1) is 12.1. The molecule has 0 radical (unpaired) electrons. The van der Waals surface area contributed by atoms with Crippen molar-refractivity contribution in [1.82, 2.24) is 25.3 Å². The van der Waals surface area contributed by atoms with Crippen molar-refractivity contribution in [3.63, 3.8) is 0 Å². The normalized spacial score (nSPS) is 11.2. The van der Waals surface area contributed by atoms with Crippen LogP contribution in [-0.4, -0.2) is 54.2 Å². The Morgan fingerprint density at radius 3 is 2.60 bits per heavy atom. The smallest absolute Gasteiger partial charge is 0.223 e. The van der Waals surface area contributed by atoms with Crippen LogP contribution < -0.4 is 10.6 Å². The van der Waals surface area contributed by atoms with Crippen LogP contribution in [0.5, 0.6) is 0 Å². The van der Waals surface area contributed by atoms with Crippen LogP contribution in [0.1, 0.15) is 17.5 Å². The van der Waals surface area contributed by atoms with E-state index in [1.807, 2.05) is 29.1 Å². The van der Waals surface area contributed by atoms with Crippen molar-refractivity contribution < 1.29 is 4.79 Å². The minimum absolute atomic E-state index is 0.0903. The molecule has 0 aliphatic rings. The maximum atomic E-state index is 11.6. The summed E-state index contributed by atoms with van der Waals surface area (Å²) in [5, 5.41) is 10.7. The highest BCUT2D eigenvalue weighted by Crippen LogP contribution is 2.10. The van der Waals surface area contributed by atoms with Gasteiger partial charge in [-0.2, -0.15) is 5.10 Å². The average Bonchev–Trinajstić information content (AvgIpc) is 3.11. The van der Waals surface area contributed by atoms with Gasteiger partial charge in [0.05, 0.1) is 6.54 Å². The van der Waals surface area contributed by atoms with Gasteiger partial charge in [-0.1, -0.05) is 24.3 Å². The number of carbonyl (C=O) groups is 1. The molecule has 0 aliphatic carbocycles. The molecule has 0 aliphatic heterocycles. The van der Waals surface area contributed by atoms with Crippen LogP contribution in [0.3, 0.4) is 0 Å². The topological polar surface area (TPSA) is 74.6 Å². The lowest BCUT2D eigenvalue weighted by Crippen LogP contribution is -2.39. The molecule has 0 spiro atoms. The van der Waals surface area contributed by atoms with Gasteiger partial charge < -0.3 is 15.5 Å². The molecule has 7 nitrogen and oxygen atoms in total. The van der Waals surface area contributed by atoms with Gasteiger partial charge in [-0.05, 0) is 17.2 Å². The van der Waals surface area contributed by atoms with E-state index in [0.29, 0.717) is 25.5 Å². The molecule has 1 heterocycles. The summed E-state index contributed by atoms with van der Waals surface area (Å²) >= 11 is 0. The van der Waals surface area contributed by atoms with Crippen LogP contribution in [0.2, 0.25) is 0 Å². The SMILES string of the molecule is CN=C(NCCC(=O)N(C)C)NCc1ccccc1Cn1cccn1. The molecule has 2 N–H and O–H groups in total. The molecule has 134 valence electrons. The number of hydrogen-bond donors (Lipinski definition) is 2. The van der Waals surface area contributed by atoms with E-state index in [4.69, 9.17) is 0 Å². The second kappa shape index (κ2) is 9.46. The molecule has 0 saturated carbocycles. The molecule has 2 aromatic rings. The van der Waals surface area contributed by atoms with Crippen molar-refractivity contribution in [2.75, 3.05) is 27.7 Å². The number of amides is 1. The second-order valence-corrected chi connectivity index (χ2v) is 5.86. The van der Waals surface area contributed by atoms with E-state index >= 15 is 0 Å². The van der Waals surface area contributed by atoms with E-state index in [2.05, 4.69) is 32.9 Å². The van der Waals surface area contributed by atoms with Crippen molar-refractivity contribution in [3.8, 4) is 0 Å². The van der Waals surface area contributed by atoms with Gasteiger partial charge in [-0.15, -0.1) is 0 Å². The van der Waals surface area contributed by atoms with Gasteiger partial charge >= 0.3 is 0 Å². The summed E-state index contributed by atoms with van der Waals surface area (Å²) in [6.45, 7) is 1.93. The number of guanidine groups is 1. The first-order valence-electron chi connectivity index (χ1n) is 8.29. The Morgan fingerprint density at radius 1 is 1.20 bits per heavy atom. The molecule has 1 aromatic heterocycles. The van der Waals surface area contributed by atoms with Crippen LogP contribution in [0.15, 0.2) is 47.7 Å². The van der Waals surface area contributed by atoms with E-state index in [-0.39, 0.29) is 5.91 Å². The van der Waals surface area contributed by atoms with Gasteiger partial charge in [0.1, 0.15) is 0 Å². The molecule has 0 fully saturated rings. The Kier molecular flexibility index (Phi) is 7.00. The number of hydrogen-bond acceptors (Lipinski definition) is 3. The van der Waals surface area contributed by atoms with Gasteiger partial charge in [-0.25, -0.2) is 0 Å². The standard InChI is InChI=1S/C18H26N6O/c1-19-18(20-11-9-17(25)23(2)3)21-13-15-7-4-5-8-16(15)14-24-12-6-10-22-24/h4-8,10,12H,9,11,13-14H2,1-3H3,(H2,19,20,21). The lowest BCUT2D eigenvalue weighted by atomic mass is 10.1. The summed E-state index contributed by atoms with van der Waals surface area (Å²) in [5.74, 6) is 0.771. The third-order valence-corrected chi connectivity index (χ3v) is 3.81. The van der Waals surface area contributed by atoms with Crippen LogP contribution >= 0.6 is 0 Å². The van der Waals surface area contributed by atoms with Crippen molar-refractivity contribution in [1.29, 1.82) is 0 Å². The zero-order valence-electron chi connectivity index (χ0n) is 15.1. The maximum absolute atomic E-state index is 11.6. The summed E-state index contributed by atoms with van der Waals surface area (Å²) in [6.07, 6.45) is 4.16. The monoisotopic (exact) mass is 342 g/mol. The molecular weight excluding hydrogens is 316 g/mol. The van der Waals surface area contributed by atoms with Gasteiger partial charge in [0.15, 0.2) is 5.96 Å². The number of rotatable bonds is 7. The summed E-state index contributed by atoms with van der Waals surface area (Å²) in [4.78, 5) is 17.4. The fourth-order valence-electron chi connectivity index (χ4n) is 2.36. The highest BCUT2D eigenvalue weighted by Gasteiger charge is 2.06. The molecule has 25 heavy (non-hydrogen) atoms. The highest BCUT2D eigenvalue weighted by atomic mass is 16.2. The zero-order chi connectivity index (χ0) is 18.1. The zero-order valence-corrected chi connectivity index (χ0v) is 15.1. The van der Waals surface area contributed by atoms with Crippen LogP contribution in [0, 0.1) is 0 Å². The Labute approximate surface area is 148 Å². The Balaban J connectivity index is 1.88. The lowest BCUT2D eigenvalue weighted by molar-refractivity contribution is -0.128. The molecule has 7 heteroatoms. The maximum Gasteiger partial charge on any atom is 0.223 e. The van der Waals surface area contributed by atoms with E-state index in [0.717, 1.165) is 6.54 Å². The van der Waals surface area contributed by atoms with Crippen molar-refractivity contribution >= 4 is 11.9 Å². The van der Waals surface area contributed by atoms with Crippen LogP contribution in [0.4, 0.5) is 0 Å². The quantitative estimate of drug-likeness (QED) is 0.583. The van der Waals surface area contributed by atoms with Crippen molar-refractivity contribution in [2.24, 2.45) is 4.99 Å². The highest BCUT2D eigenvalue weighted by molar-refractivity contribution is 5.81. The lowest BCUT2D eigenvalue weighted by Gasteiger charge is -2.15. The number of aromatic nitrogens is 2. The third-order valence-electron chi connectivity index (χ3n) is 3.81. The molecule has 0 bridgehead atoms. The van der Waals surface area contributed by atoms with Gasteiger partial charge in [-0.3, -0.25) is 14.5 Å². The molecule has 0 atom stereocenters. The number of aliphatic imine (C=N–C) groups is 1. The fourth-order valence-corrected chi connectivity index (χ4v) is 2.36. The van der Waals surface area contributed by atoms with E-state index < -0.39 is 0 Å². The summed E-state index contributed by atoms with van der Waals surface area (Å²) in [5.41, 5.74) is 2.39. The molecule has 1 amide bonds. The predicted octanol–water partition coefficient (Wildman–Crippen LogP) is 1.07. The number of nitrogens with zero attached hydrogens (tertiary/aromatic N) is 4. The van der Waals surface area contributed by atoms with Crippen molar-refractivity contribution in [2.45, 2.75) is 19.5 Å². The number of nitrogens with one attached hydrogen (secondary N) is 2. The Bertz CT molecular complexity index is 693. The second-order valence-electron chi connectivity index (χ2n) is 5.86. The molecule has 2 rings (SSSR count). The van der Waals surface area contributed by atoms with Gasteiger partial charge in [0.25, 0.3) is 0 Å². The number of benzene rings is 1. The van der Waals surface area contributed by atoms with Crippen LogP contribution in [-0.2, 0) is 17.9 Å². The predicted molar refractivity (Wildman–Crippen MR) is 99.3 cm³/mol. The van der Waals surface area contributed by atoms with Gasteiger partial charge in [0.2, 0.25) is 5.91 Å². The molecule has 1 aromatic carbocycles. The summed E-state index contributed by atoms with van der Waals surface area (Å²) in [7, 11) is 5.23. The molecule has 0 saturated heterocycles. The third kappa shape index (κ3) is 5.95. The average molecular weight is 342 g/mol. The van der Waals surface area contributed by atoms with E-state index in [1.54, 1.807) is 32.2 Å². The summed E-state index contributed by atoms with van der Waals surface area (Å²) in [6, 6.07) is 10.2. The first kappa shape index (κ1) is 18.5. The largest absolute Gasteiger partial charge is 0.356 e. The van der Waals surface area contributed by atoms with E-state index in [1.165, 1.54) is 11.1 Å². The molecule has 0 unspecified atom stereocenters. The van der Waals surface area contributed by atoms with E-state index in [9.17, 15) is 4.79 Å². The van der Waals surface area contributed by atoms with Gasteiger partial charge in [0, 0.05) is 53.0 Å². The summed E-state index contributed by atoms with van der Waals surface area (Å²) < 4.78 is 1.90. The number of carbonyl (C=O) groups excluding carboxylic acids is 1.